The molecule has 0 saturated heterocycles. The van der Waals surface area contributed by atoms with E-state index in [0.717, 1.165) is 16.1 Å². The lowest BCUT2D eigenvalue weighted by Gasteiger charge is -2.23. The first-order valence-electron chi connectivity index (χ1n) is 6.86. The lowest BCUT2D eigenvalue weighted by Crippen LogP contribution is -2.40. The molecule has 0 bridgehead atoms. The Kier molecular flexibility index (Phi) is 6.04. The monoisotopic (exact) mass is 387 g/mol. The van der Waals surface area contributed by atoms with Crippen molar-refractivity contribution >= 4 is 44.8 Å². The first-order chi connectivity index (χ1) is 11.3. The van der Waals surface area contributed by atoms with Gasteiger partial charge in [-0.2, -0.15) is 0 Å². The molecule has 0 spiro atoms. The van der Waals surface area contributed by atoms with E-state index in [9.17, 15) is 13.2 Å². The van der Waals surface area contributed by atoms with E-state index in [0.29, 0.717) is 0 Å². The van der Waals surface area contributed by atoms with Crippen LogP contribution in [0, 0.1) is 0 Å². The number of hydrogen-bond donors (Lipinski definition) is 1. The van der Waals surface area contributed by atoms with Crippen molar-refractivity contribution in [2.75, 3.05) is 17.1 Å². The fraction of sp³-hybridized carbons (Fsp3) is 0.200. The van der Waals surface area contributed by atoms with Crippen LogP contribution in [0.15, 0.2) is 42.7 Å². The van der Waals surface area contributed by atoms with Gasteiger partial charge in [0.2, 0.25) is 15.9 Å². The van der Waals surface area contributed by atoms with E-state index in [1.165, 1.54) is 12.1 Å². The summed E-state index contributed by atoms with van der Waals surface area (Å²) in [5.41, 5.74) is 0.933. The zero-order valence-electron chi connectivity index (χ0n) is 12.7. The van der Waals surface area contributed by atoms with Crippen molar-refractivity contribution in [1.82, 2.24) is 10.3 Å². The Morgan fingerprint density at radius 2 is 1.75 bits per heavy atom. The smallest absolute Gasteiger partial charge is 0.241 e. The van der Waals surface area contributed by atoms with Gasteiger partial charge in [-0.1, -0.05) is 29.3 Å². The molecule has 2 rings (SSSR count). The number of amides is 1. The second-order valence-corrected chi connectivity index (χ2v) is 7.69. The van der Waals surface area contributed by atoms with Crippen LogP contribution in [0.4, 0.5) is 5.69 Å². The van der Waals surface area contributed by atoms with Crippen molar-refractivity contribution in [2.24, 2.45) is 0 Å². The van der Waals surface area contributed by atoms with Crippen LogP contribution in [0.5, 0.6) is 0 Å². The molecule has 0 aliphatic heterocycles. The van der Waals surface area contributed by atoms with Crippen LogP contribution in [0.1, 0.15) is 5.56 Å². The van der Waals surface area contributed by atoms with E-state index in [-0.39, 0.29) is 22.3 Å². The van der Waals surface area contributed by atoms with Crippen molar-refractivity contribution in [3.63, 3.8) is 0 Å². The molecule has 1 aromatic heterocycles. The standard InChI is InChI=1S/C15H15Cl2N3O3S/c1-24(22,23)20(15-12(16)3-2-4-13(15)17)10-14(21)19-9-11-5-7-18-8-6-11/h2-8H,9-10H2,1H3,(H,19,21). The van der Waals surface area contributed by atoms with E-state index in [1.807, 2.05) is 0 Å². The maximum Gasteiger partial charge on any atom is 0.241 e. The second-order valence-electron chi connectivity index (χ2n) is 4.97. The number of carbonyl (C=O) groups is 1. The van der Waals surface area contributed by atoms with Crippen LogP contribution < -0.4 is 9.62 Å². The number of nitrogens with zero attached hydrogens (tertiary/aromatic N) is 2. The third-order valence-corrected chi connectivity index (χ3v) is 4.84. The molecule has 128 valence electrons. The molecule has 1 aromatic carbocycles. The summed E-state index contributed by atoms with van der Waals surface area (Å²) in [6.45, 7) is -0.164. The predicted octanol–water partition coefficient (Wildman–Crippen LogP) is 2.47. The number of benzene rings is 1. The van der Waals surface area contributed by atoms with Gasteiger partial charge in [0, 0.05) is 18.9 Å². The highest BCUT2D eigenvalue weighted by Crippen LogP contribution is 2.34. The number of pyridine rings is 1. The second kappa shape index (κ2) is 7.83. The number of aromatic nitrogens is 1. The number of para-hydroxylation sites is 1. The Morgan fingerprint density at radius 1 is 1.17 bits per heavy atom. The number of carbonyl (C=O) groups excluding carboxylic acids is 1. The summed E-state index contributed by atoms with van der Waals surface area (Å²) in [6.07, 6.45) is 4.20. The molecule has 1 heterocycles. The molecule has 0 saturated carbocycles. The zero-order valence-corrected chi connectivity index (χ0v) is 15.1. The highest BCUT2D eigenvalue weighted by molar-refractivity contribution is 7.92. The molecule has 24 heavy (non-hydrogen) atoms. The number of hydrogen-bond acceptors (Lipinski definition) is 4. The summed E-state index contributed by atoms with van der Waals surface area (Å²) in [4.78, 5) is 16.0. The SMILES string of the molecule is CS(=O)(=O)N(CC(=O)NCc1ccncc1)c1c(Cl)cccc1Cl. The molecule has 0 fully saturated rings. The molecule has 0 atom stereocenters. The molecule has 9 heteroatoms. The van der Waals surface area contributed by atoms with Crippen molar-refractivity contribution in [1.29, 1.82) is 0 Å². The minimum atomic E-state index is -3.75. The fourth-order valence-electron chi connectivity index (χ4n) is 1.98. The minimum Gasteiger partial charge on any atom is -0.350 e. The number of halogens is 2. The van der Waals surface area contributed by atoms with Crippen LogP contribution in [0.25, 0.3) is 0 Å². The summed E-state index contributed by atoms with van der Waals surface area (Å²) in [6, 6.07) is 8.11. The Bertz CT molecular complexity index is 809. The number of sulfonamides is 1. The van der Waals surface area contributed by atoms with E-state index in [2.05, 4.69) is 10.3 Å². The van der Waals surface area contributed by atoms with Crippen LogP contribution in [0.2, 0.25) is 10.0 Å². The molecule has 0 unspecified atom stereocenters. The molecule has 1 amide bonds. The first-order valence-corrected chi connectivity index (χ1v) is 9.47. The molecular weight excluding hydrogens is 373 g/mol. The highest BCUT2D eigenvalue weighted by Gasteiger charge is 2.25. The van der Waals surface area contributed by atoms with Crippen LogP contribution in [-0.4, -0.2) is 32.1 Å². The largest absolute Gasteiger partial charge is 0.350 e. The van der Waals surface area contributed by atoms with Gasteiger partial charge in [0.25, 0.3) is 0 Å². The summed E-state index contributed by atoms with van der Waals surface area (Å²) < 4.78 is 25.0. The molecule has 1 N–H and O–H groups in total. The summed E-state index contributed by atoms with van der Waals surface area (Å²) >= 11 is 12.1. The Hall–Kier alpha value is -1.83. The number of rotatable bonds is 6. The van der Waals surface area contributed by atoms with Gasteiger partial charge in [-0.25, -0.2) is 8.42 Å². The molecule has 0 aliphatic carbocycles. The fourth-order valence-corrected chi connectivity index (χ4v) is 3.56. The van der Waals surface area contributed by atoms with Crippen molar-refractivity contribution in [3.05, 3.63) is 58.3 Å². The van der Waals surface area contributed by atoms with Crippen molar-refractivity contribution in [3.8, 4) is 0 Å². The van der Waals surface area contributed by atoms with Gasteiger partial charge >= 0.3 is 0 Å². The molecule has 0 aliphatic rings. The van der Waals surface area contributed by atoms with Gasteiger partial charge in [-0.05, 0) is 29.8 Å². The Labute approximate surface area is 150 Å². The topological polar surface area (TPSA) is 79.4 Å². The summed E-state index contributed by atoms with van der Waals surface area (Å²) in [5, 5.41) is 2.95. The third-order valence-electron chi connectivity index (χ3n) is 3.11. The average Bonchev–Trinajstić information content (AvgIpc) is 2.52. The van der Waals surface area contributed by atoms with Gasteiger partial charge < -0.3 is 5.32 Å². The van der Waals surface area contributed by atoms with Crippen molar-refractivity contribution in [2.45, 2.75) is 6.54 Å². The Morgan fingerprint density at radius 3 is 2.29 bits per heavy atom. The Balaban J connectivity index is 2.17. The van der Waals surface area contributed by atoms with Crippen molar-refractivity contribution < 1.29 is 13.2 Å². The van der Waals surface area contributed by atoms with Gasteiger partial charge in [0.1, 0.15) is 6.54 Å². The average molecular weight is 388 g/mol. The van der Waals surface area contributed by atoms with E-state index in [1.54, 1.807) is 30.6 Å². The zero-order chi connectivity index (χ0) is 17.7. The molecule has 6 nitrogen and oxygen atoms in total. The molecule has 2 aromatic rings. The van der Waals surface area contributed by atoms with E-state index >= 15 is 0 Å². The first kappa shape index (κ1) is 18.5. The van der Waals surface area contributed by atoms with Crippen LogP contribution in [-0.2, 0) is 21.4 Å². The highest BCUT2D eigenvalue weighted by atomic mass is 35.5. The lowest BCUT2D eigenvalue weighted by atomic mass is 10.2. The quantitative estimate of drug-likeness (QED) is 0.825. The van der Waals surface area contributed by atoms with Crippen LogP contribution in [0.3, 0.4) is 0 Å². The van der Waals surface area contributed by atoms with Crippen LogP contribution >= 0.6 is 23.2 Å². The minimum absolute atomic E-state index is 0.0856. The normalized spacial score (nSPS) is 11.1. The van der Waals surface area contributed by atoms with Gasteiger partial charge in [-0.15, -0.1) is 0 Å². The number of nitrogens with one attached hydrogen (secondary N) is 1. The lowest BCUT2D eigenvalue weighted by molar-refractivity contribution is -0.119. The maximum atomic E-state index is 12.2. The molecule has 0 radical (unpaired) electrons. The number of anilines is 1. The van der Waals surface area contributed by atoms with Gasteiger partial charge in [0.15, 0.2) is 0 Å². The van der Waals surface area contributed by atoms with Gasteiger partial charge in [0.05, 0.1) is 22.0 Å². The predicted molar refractivity (Wildman–Crippen MR) is 94.7 cm³/mol. The van der Waals surface area contributed by atoms with E-state index < -0.39 is 22.5 Å². The van der Waals surface area contributed by atoms with Gasteiger partial charge in [-0.3, -0.25) is 14.1 Å². The third kappa shape index (κ3) is 4.83. The summed E-state index contributed by atoms with van der Waals surface area (Å²) in [5.74, 6) is -0.478. The molecular formula is C15H15Cl2N3O3S. The van der Waals surface area contributed by atoms with E-state index in [4.69, 9.17) is 23.2 Å². The maximum absolute atomic E-state index is 12.2. The summed E-state index contributed by atoms with van der Waals surface area (Å²) in [7, 11) is -3.75.